The first kappa shape index (κ1) is 66.7. The molecule has 0 amide bonds. The Bertz CT molecular complexity index is 6550. The number of aromatic nitrogens is 17. The van der Waals surface area contributed by atoms with Gasteiger partial charge in [-0.05, 0) is 160 Å². The molecule has 1 aliphatic carbocycles. The molecular weight excluding hydrogens is 1350 g/mol. The molecule has 1 saturated heterocycles. The van der Waals surface area contributed by atoms with Crippen LogP contribution in [0.15, 0.2) is 188 Å². The highest BCUT2D eigenvalue weighted by atomic mass is 16.4. The third-order valence-electron chi connectivity index (χ3n) is 20.3. The summed E-state index contributed by atoms with van der Waals surface area (Å²) in [5.74, 6) is 1.32. The topological polar surface area (TPSA) is 379 Å². The summed E-state index contributed by atoms with van der Waals surface area (Å²) >= 11 is 0. The number of pyridine rings is 3. The highest BCUT2D eigenvalue weighted by Gasteiger charge is 2.31. The molecule has 28 nitrogen and oxygen atoms in total. The lowest BCUT2D eigenvalue weighted by Crippen LogP contribution is -2.41. The van der Waals surface area contributed by atoms with Gasteiger partial charge in [0.15, 0.2) is 33.9 Å². The maximum absolute atomic E-state index is 13.9. The number of hydrogen-bond donors (Lipinski definition) is 6. The van der Waals surface area contributed by atoms with Gasteiger partial charge < -0.3 is 56.1 Å². The van der Waals surface area contributed by atoms with E-state index in [4.69, 9.17) is 42.0 Å². The van der Waals surface area contributed by atoms with E-state index < -0.39 is 0 Å². The van der Waals surface area contributed by atoms with E-state index >= 15 is 0 Å². The Balaban J connectivity index is 0.000000118. The molecule has 0 unspecified atom stereocenters. The van der Waals surface area contributed by atoms with Gasteiger partial charge in [-0.1, -0.05) is 72.8 Å². The van der Waals surface area contributed by atoms with E-state index in [2.05, 4.69) is 86.0 Å². The van der Waals surface area contributed by atoms with Crippen LogP contribution < -0.4 is 44.9 Å². The number of aromatic amines is 1. The van der Waals surface area contributed by atoms with Crippen LogP contribution in [0.5, 0.6) is 0 Å². The number of H-pyrrole nitrogens is 1. The van der Waals surface area contributed by atoms with Crippen LogP contribution in [0.25, 0.3) is 116 Å². The number of aryl methyl sites for hydroxylation is 3. The molecule has 28 heteroatoms. The molecule has 6 aromatic carbocycles. The fourth-order valence-corrected chi connectivity index (χ4v) is 15.1. The molecule has 534 valence electrons. The highest BCUT2D eigenvalue weighted by Crippen LogP contribution is 2.39. The van der Waals surface area contributed by atoms with Crippen LogP contribution in [0.2, 0.25) is 0 Å². The molecule has 0 atom stereocenters. The van der Waals surface area contributed by atoms with E-state index in [0.717, 1.165) is 122 Å². The van der Waals surface area contributed by atoms with E-state index in [1.807, 2.05) is 145 Å². The third-order valence-corrected chi connectivity index (χ3v) is 20.3. The van der Waals surface area contributed by atoms with Crippen molar-refractivity contribution in [1.82, 2.24) is 88.0 Å². The minimum absolute atomic E-state index is 0.0444. The zero-order chi connectivity index (χ0) is 73.5. The smallest absolute Gasteiger partial charge is 0.292 e. The molecule has 0 radical (unpaired) electrons. The number of oxazole rings is 2. The number of piperidine rings is 1. The number of rotatable bonds is 13. The van der Waals surface area contributed by atoms with Gasteiger partial charge in [-0.3, -0.25) is 19.0 Å². The molecule has 1 aliphatic heterocycles. The first-order valence-electron chi connectivity index (χ1n) is 35.3. The van der Waals surface area contributed by atoms with E-state index in [9.17, 15) is 14.4 Å². The fraction of sp³-hybridized carbons (Fsp3) is 0.215. The Hall–Kier alpha value is -13.5. The number of fused-ring (bicyclic) bond motifs is 8. The fourth-order valence-electron chi connectivity index (χ4n) is 15.1. The van der Waals surface area contributed by atoms with Gasteiger partial charge in [-0.2, -0.15) is 20.2 Å². The first-order chi connectivity index (χ1) is 52.0. The lowest BCUT2D eigenvalue weighted by atomic mass is 10.0. The van der Waals surface area contributed by atoms with Crippen LogP contribution in [0.3, 0.4) is 0 Å². The second-order valence-corrected chi connectivity index (χ2v) is 27.5. The molecule has 107 heavy (non-hydrogen) atoms. The van der Waals surface area contributed by atoms with Gasteiger partial charge in [0.2, 0.25) is 0 Å². The largest absolute Gasteiger partial charge is 0.424 e. The Morgan fingerprint density at radius 2 is 1.01 bits per heavy atom. The van der Waals surface area contributed by atoms with E-state index in [0.29, 0.717) is 103 Å². The minimum atomic E-state index is -0.0910. The van der Waals surface area contributed by atoms with Crippen molar-refractivity contribution in [2.45, 2.75) is 98.1 Å². The molecular formula is C79H73N23O5. The number of likely N-dealkylation sites (tertiary alicyclic amines) is 1. The summed E-state index contributed by atoms with van der Waals surface area (Å²) < 4.78 is 20.1. The molecule has 2 aliphatic rings. The maximum Gasteiger partial charge on any atom is 0.292 e. The van der Waals surface area contributed by atoms with Crippen LogP contribution in [-0.4, -0.2) is 107 Å². The van der Waals surface area contributed by atoms with Crippen molar-refractivity contribution in [2.75, 3.05) is 41.3 Å². The van der Waals surface area contributed by atoms with Gasteiger partial charge in [0.25, 0.3) is 28.7 Å². The standard InChI is InChI=1S/C29H22N8O2.C26H22N8O2.C24H29N7O/c1-16-6-5-7-17-12-20(37(28(38)23(16)17)19-8-3-2-4-9-19)14-36-27-24(26(30)32-15-33-27)25(35-36)18-10-11-22-21(13-18)34-29(31)39-22;1-13-3-2-4-14-9-17(34(16-6-7-16)25(35)20(13)14)11-33-24-21(23(27)29-12-30-24)22(32-33)15-5-8-19-18(10-15)31-26(28)36-19;1-15(2)30-9-7-18(8-10-30)31-19(11-17-6-4-5-16(3)20(17)24(31)32)12-25-22-21-23(27-13-26-21)29-14-28-22/h2-13,15H,14H2,1H3,(H2,31,34)(H2,30,32,33);2-5,8-10,12,16H,6-7,11H2,1H3,(H2,28,31)(H2,27,29,30);4-6,11,13-15,18H,7-10,12H2,1-3H3,(H2,25,26,27,28,29). The number of nitrogen functional groups attached to an aromatic ring is 4. The van der Waals surface area contributed by atoms with Crippen molar-refractivity contribution in [2.24, 2.45) is 0 Å². The number of nitrogens with one attached hydrogen (secondary N) is 2. The van der Waals surface area contributed by atoms with Gasteiger partial charge in [0.1, 0.15) is 58.6 Å². The summed E-state index contributed by atoms with van der Waals surface area (Å²) in [5.41, 5.74) is 38.2. The lowest BCUT2D eigenvalue weighted by molar-refractivity contribution is 0.149. The van der Waals surface area contributed by atoms with Crippen LogP contribution in [0.1, 0.15) is 85.4 Å². The van der Waals surface area contributed by atoms with Gasteiger partial charge in [-0.25, -0.2) is 44.3 Å². The van der Waals surface area contributed by atoms with Crippen molar-refractivity contribution in [3.8, 4) is 28.2 Å². The molecule has 1 saturated carbocycles. The molecule has 17 aromatic rings. The third kappa shape index (κ3) is 12.3. The summed E-state index contributed by atoms with van der Waals surface area (Å²) in [6.45, 7) is 13.6. The summed E-state index contributed by atoms with van der Waals surface area (Å²) in [5, 5.41) is 19.5. The summed E-state index contributed by atoms with van der Waals surface area (Å²) in [6.07, 6.45) is 9.89. The summed E-state index contributed by atoms with van der Waals surface area (Å²) in [4.78, 5) is 85.5. The van der Waals surface area contributed by atoms with Gasteiger partial charge >= 0.3 is 0 Å². The van der Waals surface area contributed by atoms with Crippen LogP contribution >= 0.6 is 0 Å². The monoisotopic (exact) mass is 1420 g/mol. The number of benzene rings is 6. The van der Waals surface area contributed by atoms with Gasteiger partial charge in [-0.15, -0.1) is 0 Å². The average Bonchev–Trinajstić information content (AvgIpc) is 1.36. The molecule has 0 spiro atoms. The Morgan fingerprint density at radius 3 is 1.55 bits per heavy atom. The Kier molecular flexibility index (Phi) is 16.8. The van der Waals surface area contributed by atoms with Crippen molar-refractivity contribution >= 4 is 117 Å². The Labute approximate surface area is 608 Å². The highest BCUT2D eigenvalue weighted by molar-refractivity contribution is 6.01. The lowest BCUT2D eigenvalue weighted by Gasteiger charge is -2.36. The van der Waals surface area contributed by atoms with Crippen molar-refractivity contribution in [3.05, 3.63) is 230 Å². The molecule has 12 heterocycles. The van der Waals surface area contributed by atoms with E-state index in [-0.39, 0.29) is 47.3 Å². The molecule has 19 rings (SSSR count). The molecule has 10 N–H and O–H groups in total. The Morgan fingerprint density at radius 1 is 0.514 bits per heavy atom. The molecule has 0 bridgehead atoms. The number of para-hydroxylation sites is 1. The number of imidazole rings is 1. The quantitative estimate of drug-likeness (QED) is 0.0624. The van der Waals surface area contributed by atoms with E-state index in [1.54, 1.807) is 32.4 Å². The number of anilines is 5. The summed E-state index contributed by atoms with van der Waals surface area (Å²) in [6, 6.07) is 45.8. The number of nitrogens with zero attached hydrogens (tertiary/aromatic N) is 17. The predicted octanol–water partition coefficient (Wildman–Crippen LogP) is 11.9. The predicted molar refractivity (Wildman–Crippen MR) is 415 cm³/mol. The minimum Gasteiger partial charge on any atom is -0.424 e. The van der Waals surface area contributed by atoms with Crippen molar-refractivity contribution < 1.29 is 8.83 Å². The van der Waals surface area contributed by atoms with Crippen LogP contribution in [0, 0.1) is 20.8 Å². The first-order valence-corrected chi connectivity index (χ1v) is 35.3. The second kappa shape index (κ2) is 27.0. The van der Waals surface area contributed by atoms with Crippen molar-refractivity contribution in [3.63, 3.8) is 0 Å². The normalized spacial score (nSPS) is 13.6. The molecule has 11 aromatic heterocycles. The van der Waals surface area contributed by atoms with Gasteiger partial charge in [0, 0.05) is 65.1 Å². The zero-order valence-electron chi connectivity index (χ0n) is 59.1. The summed E-state index contributed by atoms with van der Waals surface area (Å²) in [7, 11) is 0. The second-order valence-electron chi connectivity index (χ2n) is 27.5. The van der Waals surface area contributed by atoms with Gasteiger partial charge in [0.05, 0.1) is 52.9 Å². The SMILES string of the molecule is Cc1cccc2cc(CNc3ncnc4nc[nH]c34)n(C3CCN(C(C)C)CC3)c(=O)c12.Cc1cccc2cc(Cn3nc(-c4ccc5oc(N)nc5c4)c4c(N)ncnc43)n(-c3ccccc3)c(=O)c12.Cc1cccc2cc(Cn3nc(-c4ccc5oc(N)nc5c4)c4c(N)ncnc43)n(C3CC3)c(=O)c12. The number of nitrogens with two attached hydrogens (primary N) is 4. The zero-order valence-corrected chi connectivity index (χ0v) is 59.1. The average molecular weight is 1420 g/mol. The van der Waals surface area contributed by atoms with Crippen LogP contribution in [-0.2, 0) is 19.6 Å². The van der Waals surface area contributed by atoms with Crippen molar-refractivity contribution in [1.29, 1.82) is 0 Å². The van der Waals surface area contributed by atoms with E-state index in [1.165, 1.54) is 19.0 Å². The molecule has 2 fully saturated rings. The van der Waals surface area contributed by atoms with Crippen LogP contribution in [0.4, 0.5) is 29.5 Å². The number of hydrogen-bond acceptors (Lipinski definition) is 22. The maximum atomic E-state index is 13.9.